The fraction of sp³-hybridized carbons (Fsp3) is 0.381. The molecule has 158 valence electrons. The van der Waals surface area contributed by atoms with E-state index in [0.29, 0.717) is 37.0 Å². The van der Waals surface area contributed by atoms with E-state index in [1.165, 1.54) is 0 Å². The first kappa shape index (κ1) is 23.6. The van der Waals surface area contributed by atoms with Gasteiger partial charge in [0.2, 0.25) is 10.0 Å². The van der Waals surface area contributed by atoms with Crippen LogP contribution in [0.2, 0.25) is 0 Å². The lowest BCUT2D eigenvalue weighted by Crippen LogP contribution is -2.38. The van der Waals surface area contributed by atoms with E-state index in [1.54, 1.807) is 23.5 Å². The van der Waals surface area contributed by atoms with Crippen molar-refractivity contribution >= 4 is 40.0 Å². The molecular formula is C21H29IN4O2S. The standard InChI is InChI=1S/C21H28N4O2S.HI/c1-22-21(23-16-18-10-4-2-5-11-18)24-17-19-12-6-7-13-20(19)28(26,27)25-14-8-3-9-15-25;/h2,4-7,10-13H,3,8-9,14-17H2,1H3,(H2,22,23,24);1H. The Hall–Kier alpha value is -1.65. The second kappa shape index (κ2) is 11.5. The minimum atomic E-state index is -3.47. The largest absolute Gasteiger partial charge is 0.352 e. The Morgan fingerprint density at radius 1 is 0.931 bits per heavy atom. The molecule has 0 aliphatic carbocycles. The van der Waals surface area contributed by atoms with Gasteiger partial charge >= 0.3 is 0 Å². The Morgan fingerprint density at radius 3 is 2.24 bits per heavy atom. The van der Waals surface area contributed by atoms with E-state index in [2.05, 4.69) is 15.6 Å². The van der Waals surface area contributed by atoms with Crippen molar-refractivity contribution in [2.24, 2.45) is 4.99 Å². The van der Waals surface area contributed by atoms with Crippen molar-refractivity contribution in [2.75, 3.05) is 20.1 Å². The van der Waals surface area contributed by atoms with E-state index in [1.807, 2.05) is 42.5 Å². The number of nitrogens with one attached hydrogen (secondary N) is 2. The fourth-order valence-corrected chi connectivity index (χ4v) is 5.07. The summed E-state index contributed by atoms with van der Waals surface area (Å²) in [5, 5.41) is 6.48. The summed E-state index contributed by atoms with van der Waals surface area (Å²) in [6.45, 7) is 2.24. The van der Waals surface area contributed by atoms with Crippen LogP contribution in [0, 0.1) is 0 Å². The van der Waals surface area contributed by atoms with Gasteiger partial charge in [-0.2, -0.15) is 4.31 Å². The third-order valence-corrected chi connectivity index (χ3v) is 6.88. The summed E-state index contributed by atoms with van der Waals surface area (Å²) < 4.78 is 27.8. The second-order valence-corrected chi connectivity index (χ2v) is 8.74. The van der Waals surface area contributed by atoms with Crippen LogP contribution in [0.1, 0.15) is 30.4 Å². The smallest absolute Gasteiger partial charge is 0.243 e. The molecule has 8 heteroatoms. The molecule has 3 rings (SSSR count). The molecule has 1 saturated heterocycles. The van der Waals surface area contributed by atoms with E-state index in [-0.39, 0.29) is 24.0 Å². The predicted octanol–water partition coefficient (Wildman–Crippen LogP) is 3.34. The number of hydrogen-bond donors (Lipinski definition) is 2. The number of nitrogens with zero attached hydrogens (tertiary/aromatic N) is 2. The third-order valence-electron chi connectivity index (χ3n) is 4.88. The van der Waals surface area contributed by atoms with Crippen molar-refractivity contribution in [3.8, 4) is 0 Å². The molecule has 1 aliphatic rings. The van der Waals surface area contributed by atoms with Crippen LogP contribution in [-0.4, -0.2) is 38.8 Å². The highest BCUT2D eigenvalue weighted by Crippen LogP contribution is 2.23. The molecule has 1 heterocycles. The highest BCUT2D eigenvalue weighted by Gasteiger charge is 2.27. The van der Waals surface area contributed by atoms with Crippen LogP contribution in [0.25, 0.3) is 0 Å². The summed E-state index contributed by atoms with van der Waals surface area (Å²) in [6, 6.07) is 17.3. The molecule has 2 aromatic rings. The normalized spacial score (nSPS) is 15.4. The Bertz CT molecular complexity index is 898. The maximum absolute atomic E-state index is 13.1. The van der Waals surface area contributed by atoms with Gasteiger partial charge in [0.1, 0.15) is 0 Å². The van der Waals surface area contributed by atoms with Gasteiger partial charge in [0, 0.05) is 33.2 Å². The minimum Gasteiger partial charge on any atom is -0.352 e. The minimum absolute atomic E-state index is 0. The van der Waals surface area contributed by atoms with Crippen LogP contribution in [0.5, 0.6) is 0 Å². The van der Waals surface area contributed by atoms with Crippen molar-refractivity contribution in [1.29, 1.82) is 0 Å². The lowest BCUT2D eigenvalue weighted by atomic mass is 10.2. The number of guanidine groups is 1. The van der Waals surface area contributed by atoms with Gasteiger partial charge in [-0.3, -0.25) is 4.99 Å². The van der Waals surface area contributed by atoms with Crippen molar-refractivity contribution in [3.63, 3.8) is 0 Å². The summed E-state index contributed by atoms with van der Waals surface area (Å²) in [7, 11) is -1.76. The van der Waals surface area contributed by atoms with Gasteiger partial charge in [-0.1, -0.05) is 55.0 Å². The van der Waals surface area contributed by atoms with Crippen molar-refractivity contribution in [1.82, 2.24) is 14.9 Å². The molecule has 1 aliphatic heterocycles. The molecule has 2 aromatic carbocycles. The SMILES string of the molecule is CN=C(NCc1ccccc1)NCc1ccccc1S(=O)(=O)N1CCCCC1.I. The Morgan fingerprint density at radius 2 is 1.55 bits per heavy atom. The van der Waals surface area contributed by atoms with Crippen LogP contribution < -0.4 is 10.6 Å². The monoisotopic (exact) mass is 528 g/mol. The maximum Gasteiger partial charge on any atom is 0.243 e. The van der Waals surface area contributed by atoms with E-state index in [4.69, 9.17) is 0 Å². The first-order valence-corrected chi connectivity index (χ1v) is 11.1. The molecule has 2 N–H and O–H groups in total. The first-order valence-electron chi connectivity index (χ1n) is 9.68. The molecule has 29 heavy (non-hydrogen) atoms. The molecule has 6 nitrogen and oxygen atoms in total. The molecule has 0 bridgehead atoms. The predicted molar refractivity (Wildman–Crippen MR) is 128 cm³/mol. The third kappa shape index (κ3) is 6.42. The van der Waals surface area contributed by atoms with Gasteiger partial charge in [-0.15, -0.1) is 24.0 Å². The lowest BCUT2D eigenvalue weighted by molar-refractivity contribution is 0.346. The Balaban J connectivity index is 0.00000300. The fourth-order valence-electron chi connectivity index (χ4n) is 3.33. The molecule has 0 atom stereocenters. The van der Waals surface area contributed by atoms with Gasteiger partial charge in [0.15, 0.2) is 5.96 Å². The quantitative estimate of drug-likeness (QED) is 0.343. The molecule has 0 radical (unpaired) electrons. The number of piperidine rings is 1. The number of aliphatic imine (C=N–C) groups is 1. The van der Waals surface area contributed by atoms with E-state index in [0.717, 1.165) is 30.4 Å². The number of sulfonamides is 1. The van der Waals surface area contributed by atoms with Crippen LogP contribution in [0.4, 0.5) is 0 Å². The number of hydrogen-bond acceptors (Lipinski definition) is 3. The van der Waals surface area contributed by atoms with Gasteiger partial charge in [-0.05, 0) is 30.0 Å². The zero-order valence-electron chi connectivity index (χ0n) is 16.7. The number of halogens is 1. The highest BCUT2D eigenvalue weighted by molar-refractivity contribution is 14.0. The van der Waals surface area contributed by atoms with Gasteiger partial charge in [0.25, 0.3) is 0 Å². The molecule has 0 amide bonds. The summed E-state index contributed by atoms with van der Waals surface area (Å²) in [4.78, 5) is 4.61. The summed E-state index contributed by atoms with van der Waals surface area (Å²) in [5.41, 5.74) is 1.90. The number of benzene rings is 2. The van der Waals surface area contributed by atoms with Gasteiger partial charge < -0.3 is 10.6 Å². The molecule has 1 fully saturated rings. The van der Waals surface area contributed by atoms with Gasteiger partial charge in [0.05, 0.1) is 4.90 Å². The van der Waals surface area contributed by atoms with E-state index in [9.17, 15) is 8.42 Å². The Labute approximate surface area is 190 Å². The van der Waals surface area contributed by atoms with Crippen LogP contribution >= 0.6 is 24.0 Å². The summed E-state index contributed by atoms with van der Waals surface area (Å²) in [5.74, 6) is 0.633. The van der Waals surface area contributed by atoms with Crippen molar-refractivity contribution in [2.45, 2.75) is 37.2 Å². The van der Waals surface area contributed by atoms with Crippen LogP contribution in [0.15, 0.2) is 64.5 Å². The molecule has 0 aromatic heterocycles. The second-order valence-electron chi connectivity index (χ2n) is 6.84. The highest BCUT2D eigenvalue weighted by atomic mass is 127. The van der Waals surface area contributed by atoms with Crippen LogP contribution in [-0.2, 0) is 23.1 Å². The number of rotatable bonds is 6. The molecule has 0 spiro atoms. The van der Waals surface area contributed by atoms with Crippen molar-refractivity contribution < 1.29 is 8.42 Å². The van der Waals surface area contributed by atoms with E-state index >= 15 is 0 Å². The average molecular weight is 528 g/mol. The topological polar surface area (TPSA) is 73.8 Å². The lowest BCUT2D eigenvalue weighted by Gasteiger charge is -2.27. The molecule has 0 unspecified atom stereocenters. The average Bonchev–Trinajstić information content (AvgIpc) is 2.75. The first-order chi connectivity index (χ1) is 13.6. The molecular weight excluding hydrogens is 499 g/mol. The zero-order valence-corrected chi connectivity index (χ0v) is 19.8. The molecule has 0 saturated carbocycles. The van der Waals surface area contributed by atoms with Crippen LogP contribution in [0.3, 0.4) is 0 Å². The maximum atomic E-state index is 13.1. The van der Waals surface area contributed by atoms with Crippen molar-refractivity contribution in [3.05, 3.63) is 65.7 Å². The Kier molecular flexibility index (Phi) is 9.38. The zero-order chi connectivity index (χ0) is 19.8. The summed E-state index contributed by atoms with van der Waals surface area (Å²) in [6.07, 6.45) is 2.95. The summed E-state index contributed by atoms with van der Waals surface area (Å²) >= 11 is 0. The van der Waals surface area contributed by atoms with Gasteiger partial charge in [-0.25, -0.2) is 8.42 Å². The van der Waals surface area contributed by atoms with E-state index < -0.39 is 10.0 Å².